The molecule has 176 valence electrons. The van der Waals surface area contributed by atoms with E-state index in [9.17, 15) is 14.9 Å². The number of carbonyl (C=O) groups excluding carboxylic acids is 2. The van der Waals surface area contributed by atoms with E-state index < -0.39 is 11.8 Å². The van der Waals surface area contributed by atoms with Gasteiger partial charge in [0.2, 0.25) is 0 Å². The van der Waals surface area contributed by atoms with Crippen molar-refractivity contribution >= 4 is 17.9 Å². The number of rotatable bonds is 8. The third-order valence-corrected chi connectivity index (χ3v) is 5.44. The monoisotopic (exact) mass is 458 g/mol. The average molecular weight is 459 g/mol. The molecule has 1 heterocycles. The number of aryl methyl sites for hydroxylation is 1. The lowest BCUT2D eigenvalue weighted by atomic mass is 9.93. The highest BCUT2D eigenvalue weighted by Crippen LogP contribution is 2.32. The summed E-state index contributed by atoms with van der Waals surface area (Å²) < 4.78 is 11.6. The van der Waals surface area contributed by atoms with Crippen LogP contribution in [0.5, 0.6) is 11.5 Å². The Kier molecular flexibility index (Phi) is 7.91. The molecule has 1 aliphatic heterocycles. The number of amides is 2. The van der Waals surface area contributed by atoms with Gasteiger partial charge in [-0.15, -0.1) is 0 Å². The molecule has 6 nitrogen and oxygen atoms in total. The summed E-state index contributed by atoms with van der Waals surface area (Å²) in [5, 5.41) is 9.65. The molecule has 2 aromatic rings. The van der Waals surface area contributed by atoms with Crippen molar-refractivity contribution in [3.05, 3.63) is 75.9 Å². The van der Waals surface area contributed by atoms with Crippen LogP contribution in [0.4, 0.5) is 0 Å². The second-order valence-corrected chi connectivity index (χ2v) is 8.70. The van der Waals surface area contributed by atoms with Crippen molar-refractivity contribution in [2.24, 2.45) is 5.92 Å². The molecule has 0 spiro atoms. The highest BCUT2D eigenvalue weighted by molar-refractivity contribution is 6.19. The fraction of sp³-hybridized carbons (Fsp3) is 0.321. The summed E-state index contributed by atoms with van der Waals surface area (Å²) in [5.41, 5.74) is 3.26. The molecule has 2 aromatic carbocycles. The minimum Gasteiger partial charge on any atom is -0.490 e. The van der Waals surface area contributed by atoms with Crippen molar-refractivity contribution < 1.29 is 19.1 Å². The summed E-state index contributed by atoms with van der Waals surface area (Å²) in [6.45, 7) is 10.8. The minimum absolute atomic E-state index is 0.0279. The fourth-order valence-corrected chi connectivity index (χ4v) is 3.57. The number of carbonyl (C=O) groups is 2. The maximum Gasteiger partial charge on any atom is 0.271 e. The van der Waals surface area contributed by atoms with E-state index in [0.29, 0.717) is 47.3 Å². The van der Waals surface area contributed by atoms with Crippen molar-refractivity contribution in [2.75, 3.05) is 13.2 Å². The van der Waals surface area contributed by atoms with Crippen molar-refractivity contribution in [1.82, 2.24) is 4.90 Å². The minimum atomic E-state index is -0.574. The second kappa shape index (κ2) is 10.8. The highest BCUT2D eigenvalue weighted by atomic mass is 16.5. The summed E-state index contributed by atoms with van der Waals surface area (Å²) in [6.07, 6.45) is 1.69. The van der Waals surface area contributed by atoms with Gasteiger partial charge >= 0.3 is 0 Å². The van der Waals surface area contributed by atoms with Gasteiger partial charge in [0.1, 0.15) is 11.6 Å². The average Bonchev–Trinajstić information content (AvgIpc) is 2.80. The fourth-order valence-electron chi connectivity index (χ4n) is 3.57. The van der Waals surface area contributed by atoms with Crippen LogP contribution in [-0.2, 0) is 16.1 Å². The molecule has 0 saturated heterocycles. The van der Waals surface area contributed by atoms with Crippen LogP contribution in [0.3, 0.4) is 0 Å². The van der Waals surface area contributed by atoms with Gasteiger partial charge in [-0.05, 0) is 61.6 Å². The van der Waals surface area contributed by atoms with E-state index in [4.69, 9.17) is 9.47 Å². The Balaban J connectivity index is 2.00. The third-order valence-electron chi connectivity index (χ3n) is 5.44. The summed E-state index contributed by atoms with van der Waals surface area (Å²) >= 11 is 0. The topological polar surface area (TPSA) is 79.6 Å². The normalized spacial score (nSPS) is 15.2. The van der Waals surface area contributed by atoms with Gasteiger partial charge < -0.3 is 9.47 Å². The molecule has 3 rings (SSSR count). The highest BCUT2D eigenvalue weighted by Gasteiger charge is 2.35. The number of imide groups is 1. The molecule has 2 amide bonds. The molecule has 1 aliphatic rings. The molecule has 0 unspecified atom stereocenters. The molecule has 0 aliphatic carbocycles. The number of nitrogens with zero attached hydrogens (tertiary/aromatic N) is 2. The van der Waals surface area contributed by atoms with E-state index in [-0.39, 0.29) is 12.1 Å². The van der Waals surface area contributed by atoms with E-state index in [2.05, 4.69) is 13.8 Å². The van der Waals surface area contributed by atoms with Crippen molar-refractivity contribution in [3.8, 4) is 17.6 Å². The Labute approximate surface area is 201 Å². The van der Waals surface area contributed by atoms with Crippen molar-refractivity contribution in [1.29, 1.82) is 5.26 Å². The first-order valence-electron chi connectivity index (χ1n) is 11.4. The summed E-state index contributed by atoms with van der Waals surface area (Å²) in [4.78, 5) is 27.4. The zero-order chi connectivity index (χ0) is 24.8. The van der Waals surface area contributed by atoms with Crippen LogP contribution in [0, 0.1) is 24.2 Å². The van der Waals surface area contributed by atoms with Crippen LogP contribution >= 0.6 is 0 Å². The molecule has 0 saturated carbocycles. The standard InChI is InChI=1S/C28H30N2O4/c1-6-33-26-14-22(11-12-25(26)34-17-18(2)3)13-23-20(5)24(15-29)28(32)30(27(23)31)16-21-9-7-19(4)8-10-21/h7-14,18H,6,16-17H2,1-5H3/b23-13+. The summed E-state index contributed by atoms with van der Waals surface area (Å²) in [7, 11) is 0. The van der Waals surface area contributed by atoms with Crippen LogP contribution in [-0.4, -0.2) is 29.9 Å². The van der Waals surface area contributed by atoms with Crippen LogP contribution in [0.1, 0.15) is 44.4 Å². The Bertz CT molecular complexity index is 1180. The zero-order valence-corrected chi connectivity index (χ0v) is 20.3. The van der Waals surface area contributed by atoms with Crippen molar-refractivity contribution in [2.45, 2.75) is 41.2 Å². The van der Waals surface area contributed by atoms with Gasteiger partial charge in [-0.1, -0.05) is 49.7 Å². The predicted octanol–water partition coefficient (Wildman–Crippen LogP) is 5.22. The van der Waals surface area contributed by atoms with Crippen LogP contribution in [0.25, 0.3) is 6.08 Å². The van der Waals surface area contributed by atoms with Gasteiger partial charge in [0.05, 0.1) is 19.8 Å². The lowest BCUT2D eigenvalue weighted by Gasteiger charge is -2.27. The molecule has 0 N–H and O–H groups in total. The lowest BCUT2D eigenvalue weighted by molar-refractivity contribution is -0.141. The number of hydrogen-bond donors (Lipinski definition) is 0. The molecule has 0 fully saturated rings. The number of nitriles is 1. The Morgan fingerprint density at radius 3 is 2.32 bits per heavy atom. The molecule has 0 aromatic heterocycles. The molecule has 0 atom stereocenters. The maximum atomic E-state index is 13.4. The second-order valence-electron chi connectivity index (χ2n) is 8.70. The van der Waals surface area contributed by atoms with E-state index in [1.165, 1.54) is 0 Å². The third kappa shape index (κ3) is 5.55. The van der Waals surface area contributed by atoms with E-state index in [0.717, 1.165) is 16.0 Å². The quantitative estimate of drug-likeness (QED) is 0.400. The molecule has 0 bridgehead atoms. The Morgan fingerprint density at radius 2 is 1.71 bits per heavy atom. The van der Waals surface area contributed by atoms with Crippen LogP contribution in [0.2, 0.25) is 0 Å². The number of ether oxygens (including phenoxy) is 2. The smallest absolute Gasteiger partial charge is 0.271 e. The summed E-state index contributed by atoms with van der Waals surface area (Å²) in [5.74, 6) is 0.574. The molecule has 34 heavy (non-hydrogen) atoms. The first-order valence-corrected chi connectivity index (χ1v) is 11.4. The molecular formula is C28H30N2O4. The maximum absolute atomic E-state index is 13.4. The molecular weight excluding hydrogens is 428 g/mol. The Morgan fingerprint density at radius 1 is 1.00 bits per heavy atom. The number of benzene rings is 2. The van der Waals surface area contributed by atoms with Gasteiger partial charge in [0.15, 0.2) is 11.5 Å². The van der Waals surface area contributed by atoms with Crippen LogP contribution < -0.4 is 9.47 Å². The van der Waals surface area contributed by atoms with Gasteiger partial charge in [0.25, 0.3) is 11.8 Å². The Hall–Kier alpha value is -3.85. The predicted molar refractivity (Wildman–Crippen MR) is 131 cm³/mol. The van der Waals surface area contributed by atoms with Gasteiger partial charge in [-0.25, -0.2) is 0 Å². The number of hydrogen-bond acceptors (Lipinski definition) is 5. The lowest BCUT2D eigenvalue weighted by Crippen LogP contribution is -2.42. The largest absolute Gasteiger partial charge is 0.490 e. The molecule has 6 heteroatoms. The SMILES string of the molecule is CCOc1cc(/C=C2/C(=O)N(Cc3ccc(C)cc3)C(=O)C(C#N)=C2C)ccc1OCC(C)C. The summed E-state index contributed by atoms with van der Waals surface area (Å²) in [6, 6.07) is 15.0. The van der Waals surface area contributed by atoms with Gasteiger partial charge in [0, 0.05) is 5.57 Å². The first kappa shape index (κ1) is 24.8. The van der Waals surface area contributed by atoms with Gasteiger partial charge in [-0.2, -0.15) is 5.26 Å². The molecule has 0 radical (unpaired) electrons. The van der Waals surface area contributed by atoms with E-state index >= 15 is 0 Å². The van der Waals surface area contributed by atoms with Gasteiger partial charge in [-0.3, -0.25) is 14.5 Å². The van der Waals surface area contributed by atoms with E-state index in [1.807, 2.05) is 56.3 Å². The van der Waals surface area contributed by atoms with Crippen LogP contribution in [0.15, 0.2) is 59.2 Å². The van der Waals surface area contributed by atoms with E-state index in [1.54, 1.807) is 19.1 Å². The zero-order valence-electron chi connectivity index (χ0n) is 20.3. The first-order chi connectivity index (χ1) is 16.2. The van der Waals surface area contributed by atoms with Crippen molar-refractivity contribution in [3.63, 3.8) is 0 Å².